The van der Waals surface area contributed by atoms with Crippen molar-refractivity contribution in [1.29, 1.82) is 0 Å². The number of aliphatic hydroxyl groups excluding tert-OH is 4. The minimum Gasteiger partial charge on any atom is -0.388 e. The van der Waals surface area contributed by atoms with E-state index in [1.165, 1.54) is 0 Å². The number of carbonyl (C=O) groups excluding carboxylic acids is 2. The van der Waals surface area contributed by atoms with Crippen LogP contribution in [0.4, 0.5) is 69.8 Å². The van der Waals surface area contributed by atoms with Crippen LogP contribution in [0.1, 0.15) is 177 Å². The summed E-state index contributed by atoms with van der Waals surface area (Å²) >= 11 is 0. The molecule has 2 amide bonds. The van der Waals surface area contributed by atoms with Gasteiger partial charge in [0.25, 0.3) is 0 Å². The number of imidazole rings is 2. The van der Waals surface area contributed by atoms with E-state index in [-0.39, 0.29) is 24.9 Å². The first-order valence-electron chi connectivity index (χ1n) is 49.6. The highest BCUT2D eigenvalue weighted by atomic mass is 16.3. The second-order valence-electron chi connectivity index (χ2n) is 38.9. The number of likely N-dealkylation sites (N-methyl/N-ethyl adjacent to an activating group) is 2. The van der Waals surface area contributed by atoms with Gasteiger partial charge in [0, 0.05) is 276 Å². The first-order chi connectivity index (χ1) is 70.8. The van der Waals surface area contributed by atoms with E-state index >= 15 is 0 Å². The lowest BCUT2D eigenvalue weighted by Crippen LogP contribution is -2.29. The van der Waals surface area contributed by atoms with Crippen LogP contribution in [0.15, 0.2) is 147 Å². The van der Waals surface area contributed by atoms with Crippen LogP contribution < -0.4 is 44.2 Å². The Kier molecular flexibility index (Phi) is 24.3. The van der Waals surface area contributed by atoms with Crippen molar-refractivity contribution in [1.82, 2.24) is 128 Å². The van der Waals surface area contributed by atoms with Crippen LogP contribution in [0.3, 0.4) is 0 Å². The van der Waals surface area contributed by atoms with Gasteiger partial charge >= 0.3 is 0 Å². The number of aliphatic hydroxyl groups is 4. The highest BCUT2D eigenvalue weighted by molar-refractivity contribution is 5.99. The molecule has 8 aliphatic rings. The molecule has 1 unspecified atom stereocenters. The number of nitrogens with one attached hydrogen (secondary N) is 4. The summed E-state index contributed by atoms with van der Waals surface area (Å²) in [6.07, 6.45) is 33.6. The Labute approximate surface area is 837 Å². The van der Waals surface area contributed by atoms with Gasteiger partial charge in [-0.2, -0.15) is 20.4 Å². The van der Waals surface area contributed by atoms with Crippen molar-refractivity contribution >= 4 is 125 Å². The van der Waals surface area contributed by atoms with Crippen LogP contribution in [0.2, 0.25) is 0 Å². The number of anilines is 12. The summed E-state index contributed by atoms with van der Waals surface area (Å²) in [5.74, 6) is 9.04. The molecule has 4 atom stereocenters. The number of fused-ring (bicyclic) bond motifs is 14. The van der Waals surface area contributed by atoms with Gasteiger partial charge in [-0.15, -0.1) is 0 Å². The minimum atomic E-state index is -0.500. The maximum absolute atomic E-state index is 12.2. The second-order valence-corrected chi connectivity index (χ2v) is 38.9. The van der Waals surface area contributed by atoms with E-state index < -0.39 is 24.4 Å². The number of hydrogen-bond donors (Lipinski definition) is 12. The Morgan fingerprint density at radius 2 is 0.568 bits per heavy atom. The van der Waals surface area contributed by atoms with Crippen molar-refractivity contribution in [3.05, 3.63) is 249 Å². The number of hydrogen-bond acceptors (Lipinski definition) is 32. The van der Waals surface area contributed by atoms with E-state index in [1.807, 2.05) is 161 Å². The van der Waals surface area contributed by atoms with Gasteiger partial charge in [-0.05, 0) is 197 Å². The predicted octanol–water partition coefficient (Wildman–Crippen LogP) is 13.2. The molecule has 26 rings (SSSR count). The van der Waals surface area contributed by atoms with Gasteiger partial charge in [0.15, 0.2) is 23.3 Å². The molecule has 16 N–H and O–H groups in total. The van der Waals surface area contributed by atoms with Gasteiger partial charge in [-0.25, -0.2) is 49.8 Å². The topological polar surface area (TPSA) is 535 Å². The molecule has 0 spiro atoms. The Morgan fingerprint density at radius 3 is 0.842 bits per heavy atom. The van der Waals surface area contributed by atoms with E-state index in [1.54, 1.807) is 44.0 Å². The quantitative estimate of drug-likeness (QED) is 0.0540. The minimum absolute atomic E-state index is 0.0437. The first kappa shape index (κ1) is 93.0. The van der Waals surface area contributed by atoms with Crippen molar-refractivity contribution < 1.29 is 30.0 Å². The van der Waals surface area contributed by atoms with E-state index in [9.17, 15) is 30.0 Å². The third-order valence-electron chi connectivity index (χ3n) is 29.6. The van der Waals surface area contributed by atoms with Gasteiger partial charge in [-0.3, -0.25) is 48.3 Å². The fourth-order valence-electron chi connectivity index (χ4n) is 21.6. The normalized spacial score (nSPS) is 17.1. The van der Waals surface area contributed by atoms with Crippen molar-refractivity contribution in [2.45, 2.75) is 194 Å². The SMILES string of the molecule is Cc1c(-c2cc3cc(Nc4cc5n(n4)CC(=O)N(C)CC5)ncc3c(N)n2)cnc2c1[C@@H](O)CCC2.Cc1c(-c2cc3cc(Nc4cc5n(n4)CC(=O)N(C)CC5)ncc3c(N)n2)cnc2c1[C@H](O)CCC2.Cc1c(-c2cc3cc(Nc4cc5n(n4)Cc4nccn4CC5)ncc3c(N)n2)cnc2c1C(O)CCC2.Cc1c(-c2cc3cc(Nc4cc5n(n4)Cc4nccn4CC5)ncc3c(N)n2)cnc2c1[C@@H](O)CCC2. The Morgan fingerprint density at radius 1 is 0.308 bits per heavy atom. The van der Waals surface area contributed by atoms with E-state index in [0.717, 1.165) is 306 Å². The maximum Gasteiger partial charge on any atom is 0.244 e. The molecule has 0 bridgehead atoms. The van der Waals surface area contributed by atoms with Gasteiger partial charge in [-0.1, -0.05) is 0 Å². The highest BCUT2D eigenvalue weighted by Gasteiger charge is 2.32. The van der Waals surface area contributed by atoms with Crippen LogP contribution >= 0.6 is 0 Å². The monoisotopic (exact) mass is 1950 g/mol. The first-order valence-corrected chi connectivity index (χ1v) is 49.6. The number of rotatable bonds is 12. The molecule has 0 fully saturated rings. The Hall–Kier alpha value is -16.7. The van der Waals surface area contributed by atoms with Gasteiger partial charge < -0.3 is 83.6 Å². The third kappa shape index (κ3) is 18.1. The molecule has 146 heavy (non-hydrogen) atoms. The number of nitrogens with zero attached hydrogens (tertiary/aromatic N) is 26. The second kappa shape index (κ2) is 38.2. The molecule has 18 aromatic rings. The molecule has 4 aliphatic carbocycles. The van der Waals surface area contributed by atoms with Crippen LogP contribution in [0, 0.1) is 27.7 Å². The average Bonchev–Trinajstić information content (AvgIpc) is 1.40. The summed E-state index contributed by atoms with van der Waals surface area (Å²) < 4.78 is 11.8. The Balaban J connectivity index is 0.000000107. The molecule has 18 aromatic heterocycles. The average molecular weight is 1960 g/mol. The zero-order valence-electron chi connectivity index (χ0n) is 81.7. The summed E-state index contributed by atoms with van der Waals surface area (Å²) in [7, 11) is 3.62. The lowest BCUT2D eigenvalue weighted by molar-refractivity contribution is -0.131. The number of carbonyl (C=O) groups is 2. The number of aryl methyl sites for hydroxylation is 8. The molecule has 22 heterocycles. The summed E-state index contributed by atoms with van der Waals surface area (Å²) in [5.41, 5.74) is 47.7. The van der Waals surface area contributed by atoms with E-state index in [0.29, 0.717) is 95.7 Å². The molecular weight excluding hydrogens is 1850 g/mol. The fourth-order valence-corrected chi connectivity index (χ4v) is 21.6. The summed E-state index contributed by atoms with van der Waals surface area (Å²) in [4.78, 5) is 92.0. The largest absolute Gasteiger partial charge is 0.388 e. The number of nitrogens with two attached hydrogens (primary N) is 4. The third-order valence-corrected chi connectivity index (χ3v) is 29.6. The summed E-state index contributed by atoms with van der Waals surface area (Å²) in [6.45, 7) is 12.9. The van der Waals surface area contributed by atoms with Crippen LogP contribution in [0.5, 0.6) is 0 Å². The number of aromatic nitrogens is 24. The van der Waals surface area contributed by atoms with E-state index in [2.05, 4.69) is 123 Å². The standard InChI is InChI=1S/2C27H27N9O.2C26H28N8O2/c2*1-15-18(12-30-20-3-2-4-22(37)26(15)20)21-9-16-10-23(31-13-19(16)27(28)32-21)33-24-11-17-5-7-35-8-6-29-25(35)14-36(17)34-24;2*1-14-17(11-28-19-4-3-5-21(35)25(14)19)20-8-15-9-22(29-12-18(15)26(27)30-20)31-23-10-16-6-7-33(2)24(36)13-34(16)32-23/h2*6,8-13,22,37H,2-5,7,14H2,1H3,(H2,28,32)(H,31,33,34);2*8-12,21,35H,3-7,13H2,1-2H3,(H2,27,30)(H,29,31,32)/t22-;;2*21-/m0.10/s1. The molecule has 4 aliphatic heterocycles. The maximum atomic E-state index is 12.2. The molecule has 40 heteroatoms. The molecule has 0 saturated heterocycles. The van der Waals surface area contributed by atoms with Crippen molar-refractivity contribution in [3.63, 3.8) is 0 Å². The molecular formula is C106H110N34O6. The van der Waals surface area contributed by atoms with E-state index in [4.69, 9.17) is 33.1 Å². The smallest absolute Gasteiger partial charge is 0.244 e. The van der Waals surface area contributed by atoms with Gasteiger partial charge in [0.1, 0.15) is 71.3 Å². The molecule has 0 radical (unpaired) electrons. The lowest BCUT2D eigenvalue weighted by Gasteiger charge is -2.24. The highest BCUT2D eigenvalue weighted by Crippen LogP contribution is 2.44. The summed E-state index contributed by atoms with van der Waals surface area (Å²) in [5, 5.41) is 80.9. The fraction of sp³-hybridized carbons (Fsp3) is 0.321. The lowest BCUT2D eigenvalue weighted by atomic mass is 9.88. The van der Waals surface area contributed by atoms with Crippen molar-refractivity contribution in [2.75, 3.05) is 71.4 Å². The number of nitrogen functional groups attached to an aromatic ring is 4. The summed E-state index contributed by atoms with van der Waals surface area (Å²) in [6, 6.07) is 23.8. The van der Waals surface area contributed by atoms with Crippen molar-refractivity contribution in [2.24, 2.45) is 0 Å². The van der Waals surface area contributed by atoms with Crippen molar-refractivity contribution in [3.8, 4) is 45.0 Å². The van der Waals surface area contributed by atoms with Crippen LogP contribution in [0.25, 0.3) is 88.1 Å². The number of amides is 2. The Bertz CT molecular complexity index is 7780. The van der Waals surface area contributed by atoms with Crippen LogP contribution in [-0.2, 0) is 100 Å². The molecule has 0 saturated carbocycles. The zero-order chi connectivity index (χ0) is 100. The zero-order valence-corrected chi connectivity index (χ0v) is 81.7. The number of pyridine rings is 12. The molecule has 740 valence electrons. The van der Waals surface area contributed by atoms with Gasteiger partial charge in [0.05, 0.1) is 60.3 Å². The van der Waals surface area contributed by atoms with Crippen LogP contribution in [-0.4, -0.2) is 187 Å². The molecule has 40 nitrogen and oxygen atoms in total. The molecule has 0 aromatic carbocycles. The predicted molar refractivity (Wildman–Crippen MR) is 554 cm³/mol. The van der Waals surface area contributed by atoms with Gasteiger partial charge in [0.2, 0.25) is 11.8 Å².